The van der Waals surface area contributed by atoms with Crippen molar-refractivity contribution >= 4 is 28.0 Å². The fourth-order valence-electron chi connectivity index (χ4n) is 3.44. The average molecular weight is 458 g/mol. The highest BCUT2D eigenvalue weighted by molar-refractivity contribution is 9.10. The molecule has 1 aromatic carbocycles. The van der Waals surface area contributed by atoms with E-state index >= 15 is 0 Å². The highest BCUT2D eigenvalue weighted by Crippen LogP contribution is 2.33. The maximum absolute atomic E-state index is 12.1. The minimum Gasteiger partial charge on any atom is -0.496 e. The highest BCUT2D eigenvalue weighted by atomic mass is 79.9. The van der Waals surface area contributed by atoms with Gasteiger partial charge in [0.05, 0.1) is 18.7 Å². The minimum absolute atomic E-state index is 0.0772. The lowest BCUT2D eigenvalue weighted by molar-refractivity contribution is -0.166. The molecular weight excluding hydrogens is 430 g/mol. The lowest BCUT2D eigenvalue weighted by Gasteiger charge is -2.35. The molecule has 0 saturated heterocycles. The van der Waals surface area contributed by atoms with Gasteiger partial charge in [0, 0.05) is 13.5 Å². The first-order valence-electron chi connectivity index (χ1n) is 9.40. The van der Waals surface area contributed by atoms with Crippen LogP contribution in [0.4, 0.5) is 4.79 Å². The van der Waals surface area contributed by atoms with Gasteiger partial charge in [-0.3, -0.25) is 4.79 Å². The van der Waals surface area contributed by atoms with Gasteiger partial charge < -0.3 is 24.3 Å². The van der Waals surface area contributed by atoms with E-state index in [9.17, 15) is 9.59 Å². The zero-order valence-corrected chi connectivity index (χ0v) is 18.2. The maximum atomic E-state index is 12.1. The van der Waals surface area contributed by atoms with Crippen LogP contribution in [0.25, 0.3) is 0 Å². The van der Waals surface area contributed by atoms with E-state index < -0.39 is 11.7 Å². The Morgan fingerprint density at radius 1 is 1.11 bits per heavy atom. The van der Waals surface area contributed by atoms with Crippen LogP contribution < -0.4 is 14.8 Å². The second kappa shape index (κ2) is 10.5. The summed E-state index contributed by atoms with van der Waals surface area (Å²) in [6.45, 7) is 1.84. The van der Waals surface area contributed by atoms with E-state index in [-0.39, 0.29) is 12.6 Å². The second-order valence-electron chi connectivity index (χ2n) is 6.89. The molecule has 8 heteroatoms. The largest absolute Gasteiger partial charge is 0.496 e. The van der Waals surface area contributed by atoms with Crippen molar-refractivity contribution < 1.29 is 28.5 Å². The van der Waals surface area contributed by atoms with Crippen LogP contribution in [-0.4, -0.2) is 45.0 Å². The molecule has 2 rings (SSSR count). The van der Waals surface area contributed by atoms with E-state index in [1.165, 1.54) is 6.92 Å². The normalized spacial score (nSPS) is 15.4. The SMILES string of the molecule is COc1cc(CCNC(=O)OCC2(OC(C)=O)CCCCC2)c(OC)cc1Br. The van der Waals surface area contributed by atoms with Gasteiger partial charge >= 0.3 is 12.1 Å². The molecule has 0 atom stereocenters. The summed E-state index contributed by atoms with van der Waals surface area (Å²) in [5.41, 5.74) is 0.218. The molecule has 1 fully saturated rings. The van der Waals surface area contributed by atoms with Crippen LogP contribution in [0.15, 0.2) is 16.6 Å². The summed E-state index contributed by atoms with van der Waals surface area (Å²) in [5.74, 6) is 1.06. The van der Waals surface area contributed by atoms with E-state index in [1.807, 2.05) is 12.1 Å². The lowest BCUT2D eigenvalue weighted by Crippen LogP contribution is -2.43. The van der Waals surface area contributed by atoms with Crippen molar-refractivity contribution in [3.05, 3.63) is 22.2 Å². The molecule has 0 aliphatic heterocycles. The van der Waals surface area contributed by atoms with Gasteiger partial charge in [0.25, 0.3) is 0 Å². The van der Waals surface area contributed by atoms with Crippen molar-refractivity contribution in [3.63, 3.8) is 0 Å². The van der Waals surface area contributed by atoms with E-state index in [0.29, 0.717) is 24.5 Å². The highest BCUT2D eigenvalue weighted by Gasteiger charge is 2.36. The first-order chi connectivity index (χ1) is 13.4. The molecule has 28 heavy (non-hydrogen) atoms. The molecule has 0 spiro atoms. The van der Waals surface area contributed by atoms with E-state index in [0.717, 1.165) is 42.1 Å². The van der Waals surface area contributed by atoms with Gasteiger partial charge in [-0.15, -0.1) is 0 Å². The topological polar surface area (TPSA) is 83.1 Å². The number of benzene rings is 1. The van der Waals surface area contributed by atoms with Crippen LogP contribution in [0.3, 0.4) is 0 Å². The Balaban J connectivity index is 1.86. The molecule has 0 heterocycles. The first-order valence-corrected chi connectivity index (χ1v) is 10.2. The molecule has 0 aromatic heterocycles. The molecule has 1 aliphatic rings. The number of ether oxygens (including phenoxy) is 4. The molecule has 0 radical (unpaired) electrons. The third kappa shape index (κ3) is 6.29. The summed E-state index contributed by atoms with van der Waals surface area (Å²) in [7, 11) is 3.19. The van der Waals surface area contributed by atoms with E-state index in [4.69, 9.17) is 18.9 Å². The smallest absolute Gasteiger partial charge is 0.407 e. The van der Waals surface area contributed by atoms with Gasteiger partial charge in [0.2, 0.25) is 0 Å². The fourth-order valence-corrected chi connectivity index (χ4v) is 3.93. The van der Waals surface area contributed by atoms with Crippen LogP contribution in [0.1, 0.15) is 44.6 Å². The van der Waals surface area contributed by atoms with Crippen LogP contribution in [0.2, 0.25) is 0 Å². The number of esters is 1. The molecule has 7 nitrogen and oxygen atoms in total. The third-order valence-corrected chi connectivity index (χ3v) is 5.43. The summed E-state index contributed by atoms with van der Waals surface area (Å²) in [6, 6.07) is 3.70. The Hall–Kier alpha value is -1.96. The number of rotatable bonds is 8. The third-order valence-electron chi connectivity index (χ3n) is 4.81. The number of alkyl carbamates (subject to hydrolysis) is 1. The van der Waals surface area contributed by atoms with Gasteiger partial charge in [-0.1, -0.05) is 6.42 Å². The predicted molar refractivity (Wildman–Crippen MR) is 108 cm³/mol. The molecule has 1 amide bonds. The molecule has 1 aliphatic carbocycles. The Kier molecular flexibility index (Phi) is 8.41. The molecule has 1 saturated carbocycles. The molecular formula is C20H28BrNO6. The van der Waals surface area contributed by atoms with Crippen molar-refractivity contribution in [2.45, 2.75) is 51.0 Å². The summed E-state index contributed by atoms with van der Waals surface area (Å²) < 4.78 is 22.3. The van der Waals surface area contributed by atoms with Crippen LogP contribution >= 0.6 is 15.9 Å². The van der Waals surface area contributed by atoms with E-state index in [2.05, 4.69) is 21.2 Å². The average Bonchev–Trinajstić information content (AvgIpc) is 2.67. The monoisotopic (exact) mass is 457 g/mol. The van der Waals surface area contributed by atoms with E-state index in [1.54, 1.807) is 14.2 Å². The Labute approximate surface area is 174 Å². The van der Waals surface area contributed by atoms with Gasteiger partial charge in [0.1, 0.15) is 23.7 Å². The molecule has 0 bridgehead atoms. The van der Waals surface area contributed by atoms with Crippen molar-refractivity contribution in [2.24, 2.45) is 0 Å². The summed E-state index contributed by atoms with van der Waals surface area (Å²) in [6.07, 6.45) is 4.49. The number of carbonyl (C=O) groups excluding carboxylic acids is 2. The van der Waals surface area contributed by atoms with Crippen LogP contribution in [0.5, 0.6) is 11.5 Å². The number of methoxy groups -OCH3 is 2. The van der Waals surface area contributed by atoms with Gasteiger partial charge in [-0.05, 0) is 65.7 Å². The minimum atomic E-state index is -0.691. The molecule has 1 aromatic rings. The Morgan fingerprint density at radius 2 is 1.79 bits per heavy atom. The number of halogens is 1. The van der Waals surface area contributed by atoms with Crippen LogP contribution in [0, 0.1) is 0 Å². The predicted octanol–water partition coefficient (Wildman–Crippen LogP) is 4.00. The molecule has 1 N–H and O–H groups in total. The number of hydrogen-bond donors (Lipinski definition) is 1. The summed E-state index contributed by atoms with van der Waals surface area (Å²) in [4.78, 5) is 23.5. The molecule has 156 valence electrons. The van der Waals surface area contributed by atoms with Crippen molar-refractivity contribution in [3.8, 4) is 11.5 Å². The summed E-state index contributed by atoms with van der Waals surface area (Å²) in [5, 5.41) is 2.73. The maximum Gasteiger partial charge on any atom is 0.407 e. The molecule has 0 unspecified atom stereocenters. The zero-order chi connectivity index (χ0) is 20.6. The number of nitrogens with one attached hydrogen (secondary N) is 1. The van der Waals surface area contributed by atoms with Gasteiger partial charge in [-0.25, -0.2) is 4.79 Å². The van der Waals surface area contributed by atoms with Crippen LogP contribution in [-0.2, 0) is 20.7 Å². The van der Waals surface area contributed by atoms with Crippen molar-refractivity contribution in [1.29, 1.82) is 0 Å². The van der Waals surface area contributed by atoms with Crippen molar-refractivity contribution in [2.75, 3.05) is 27.4 Å². The standard InChI is InChI=1S/C20H28BrNO6/c1-14(23)28-20(8-5-4-6-9-20)13-27-19(24)22-10-7-15-11-18(26-3)16(21)12-17(15)25-2/h11-12H,4-10,13H2,1-3H3,(H,22,24). The number of amides is 1. The Morgan fingerprint density at radius 3 is 2.39 bits per heavy atom. The van der Waals surface area contributed by atoms with Gasteiger partial charge in [0.15, 0.2) is 0 Å². The Bertz CT molecular complexity index is 688. The first kappa shape index (κ1) is 22.3. The zero-order valence-electron chi connectivity index (χ0n) is 16.6. The van der Waals surface area contributed by atoms with Crippen molar-refractivity contribution in [1.82, 2.24) is 5.32 Å². The fraction of sp³-hybridized carbons (Fsp3) is 0.600. The summed E-state index contributed by atoms with van der Waals surface area (Å²) >= 11 is 3.42. The van der Waals surface area contributed by atoms with Gasteiger partial charge in [-0.2, -0.15) is 0 Å². The number of carbonyl (C=O) groups is 2. The second-order valence-corrected chi connectivity index (χ2v) is 7.74. The quantitative estimate of drug-likeness (QED) is 0.593. The lowest BCUT2D eigenvalue weighted by atomic mass is 9.85. The number of hydrogen-bond acceptors (Lipinski definition) is 6.